The van der Waals surface area contributed by atoms with Crippen molar-refractivity contribution in [2.24, 2.45) is 0 Å². The first-order valence-corrected chi connectivity index (χ1v) is 16.1. The van der Waals surface area contributed by atoms with Gasteiger partial charge < -0.3 is 25.0 Å². The number of halogens is 9. The minimum atomic E-state index is -5.92. The van der Waals surface area contributed by atoms with Gasteiger partial charge in [-0.05, 0) is 42.8 Å². The quantitative estimate of drug-likeness (QED) is 0.297. The molecule has 17 heteroatoms. The topological polar surface area (TPSA) is 82.1 Å². The van der Waals surface area contributed by atoms with Crippen LogP contribution in [-0.4, -0.2) is 88.1 Å². The number of rotatable bonds is 7. The Morgan fingerprint density at radius 2 is 1.43 bits per heavy atom. The van der Waals surface area contributed by atoms with Crippen molar-refractivity contribution >= 4 is 16.8 Å². The van der Waals surface area contributed by atoms with Gasteiger partial charge >= 0.3 is 18.4 Å². The highest BCUT2D eigenvalue weighted by Crippen LogP contribution is 2.53. The predicted molar refractivity (Wildman–Crippen MR) is 160 cm³/mol. The summed E-state index contributed by atoms with van der Waals surface area (Å²) in [6.07, 6.45) is -11.2. The minimum Gasteiger partial charge on any atom is -0.395 e. The van der Waals surface area contributed by atoms with Crippen molar-refractivity contribution in [2.75, 3.05) is 39.3 Å². The minimum absolute atomic E-state index is 0.000981. The highest BCUT2D eigenvalue weighted by atomic mass is 32.2. The van der Waals surface area contributed by atoms with Crippen molar-refractivity contribution in [3.63, 3.8) is 0 Å². The molecule has 268 valence electrons. The summed E-state index contributed by atoms with van der Waals surface area (Å²) in [4.78, 5) is 16.7. The zero-order valence-corrected chi connectivity index (χ0v) is 26.4. The zero-order chi connectivity index (χ0) is 36.0. The molecule has 5 rings (SSSR count). The van der Waals surface area contributed by atoms with E-state index in [1.807, 2.05) is 0 Å². The smallest absolute Gasteiger partial charge is 0.395 e. The number of likely N-dealkylation sites (tertiary alicyclic amines) is 1. The van der Waals surface area contributed by atoms with Gasteiger partial charge in [-0.3, -0.25) is 4.21 Å². The first kappa shape index (κ1) is 38.1. The van der Waals surface area contributed by atoms with Crippen LogP contribution in [0.25, 0.3) is 0 Å². The van der Waals surface area contributed by atoms with E-state index in [9.17, 15) is 53.6 Å². The number of amides is 2. The highest BCUT2D eigenvalue weighted by molar-refractivity contribution is 7.85. The van der Waals surface area contributed by atoms with E-state index in [1.54, 1.807) is 9.80 Å². The first-order valence-electron chi connectivity index (χ1n) is 14.9. The third-order valence-corrected chi connectivity index (χ3v) is 9.71. The van der Waals surface area contributed by atoms with E-state index in [0.717, 1.165) is 18.2 Å². The number of nitrogens with zero attached hydrogens (tertiary/aromatic N) is 2. The van der Waals surface area contributed by atoms with Crippen LogP contribution in [-0.2, 0) is 27.7 Å². The van der Waals surface area contributed by atoms with E-state index < -0.39 is 58.1 Å². The van der Waals surface area contributed by atoms with Crippen LogP contribution >= 0.6 is 0 Å². The van der Waals surface area contributed by atoms with Gasteiger partial charge in [0.1, 0.15) is 17.5 Å². The molecule has 0 aliphatic carbocycles. The first-order chi connectivity index (χ1) is 23.1. The van der Waals surface area contributed by atoms with Crippen molar-refractivity contribution in [1.82, 2.24) is 15.1 Å². The fraction of sp³-hybridized carbons (Fsp3) is 0.406. The summed E-state index contributed by atoms with van der Waals surface area (Å²) in [5, 5.41) is 12.3. The number of piperazine rings is 1. The normalized spacial score (nSPS) is 19.3. The van der Waals surface area contributed by atoms with Crippen LogP contribution in [0.2, 0.25) is 0 Å². The molecule has 0 spiro atoms. The number of carbonyl (C=O) groups is 1. The maximum atomic E-state index is 13.5. The third kappa shape index (κ3) is 8.74. The number of hydrogen-bond donors (Lipinski definition) is 2. The lowest BCUT2D eigenvalue weighted by Crippen LogP contribution is -2.56. The van der Waals surface area contributed by atoms with E-state index in [-0.39, 0.29) is 29.7 Å². The number of ether oxygens (including phenoxy) is 1. The number of aliphatic hydroxyl groups is 1. The highest BCUT2D eigenvalue weighted by Gasteiger charge is 2.73. The molecule has 49 heavy (non-hydrogen) atoms. The molecule has 2 heterocycles. The Morgan fingerprint density at radius 3 is 2.00 bits per heavy atom. The Morgan fingerprint density at radius 1 is 0.837 bits per heavy atom. The molecule has 0 aromatic heterocycles. The predicted octanol–water partition coefficient (Wildman–Crippen LogP) is 5.90. The summed E-state index contributed by atoms with van der Waals surface area (Å²) in [5.74, 6) is -2.98. The lowest BCUT2D eigenvalue weighted by molar-refractivity contribution is -0.392. The number of carbonyl (C=O) groups excluding carboxylic acids is 1. The fourth-order valence-corrected chi connectivity index (χ4v) is 6.84. The zero-order valence-electron chi connectivity index (χ0n) is 25.6. The molecule has 2 aliphatic heterocycles. The number of nitrogens with one attached hydrogen (secondary N) is 1. The molecular formula is C32H32F9N3O4S. The number of aliphatic hydroxyl groups excluding tert-OH is 1. The Hall–Kier alpha value is -3.67. The van der Waals surface area contributed by atoms with Gasteiger partial charge in [-0.1, -0.05) is 36.4 Å². The van der Waals surface area contributed by atoms with Gasteiger partial charge in [0, 0.05) is 54.8 Å². The summed E-state index contributed by atoms with van der Waals surface area (Å²) in [6, 6.07) is 12.2. The van der Waals surface area contributed by atoms with Crippen LogP contribution in [0.1, 0.15) is 17.5 Å². The second-order valence-electron chi connectivity index (χ2n) is 11.2. The van der Waals surface area contributed by atoms with Crippen molar-refractivity contribution < 1.29 is 58.4 Å². The second kappa shape index (κ2) is 15.9. The Bertz CT molecular complexity index is 1540. The average Bonchev–Trinajstić information content (AvgIpc) is 3.56. The van der Waals surface area contributed by atoms with Crippen molar-refractivity contribution in [1.29, 1.82) is 0 Å². The Balaban J connectivity index is 0.000000221. The molecule has 2 aliphatic rings. The molecule has 0 saturated carbocycles. The molecule has 0 radical (unpaired) electrons. The van der Waals surface area contributed by atoms with Gasteiger partial charge in [0.15, 0.2) is 0 Å². The van der Waals surface area contributed by atoms with Crippen LogP contribution in [0.3, 0.4) is 0 Å². The van der Waals surface area contributed by atoms with Crippen LogP contribution in [0.15, 0.2) is 77.7 Å². The standard InChI is InChI=1S/C16H10F8O.C16H22FN3O3S/c17-12-7-4-8-13(18)11(12)9-25-14(15(19,20)21,16(22,23)24)10-5-2-1-3-6-10;17-12-1-3-14(4-2-12)24(23)15-5-7-19(10-15)16(22)20-8-6-18-13(9-20)11-21/h1-8H,9H2;1-4,13,15,18,21H,5-11H2/t;13-,15?,24?/m.0/s1. The molecule has 3 aromatic carbocycles. The molecular weight excluding hydrogens is 693 g/mol. The van der Waals surface area contributed by atoms with Gasteiger partial charge in [0.2, 0.25) is 0 Å². The summed E-state index contributed by atoms with van der Waals surface area (Å²) < 4.78 is 137. The molecule has 0 bridgehead atoms. The van der Waals surface area contributed by atoms with Crippen molar-refractivity contribution in [3.8, 4) is 0 Å². The van der Waals surface area contributed by atoms with Crippen LogP contribution in [0, 0.1) is 17.5 Å². The summed E-state index contributed by atoms with van der Waals surface area (Å²) in [5.41, 5.74) is -7.00. The summed E-state index contributed by atoms with van der Waals surface area (Å²) in [6.45, 7) is 1.21. The second-order valence-corrected chi connectivity index (χ2v) is 12.9. The fourth-order valence-electron chi connectivity index (χ4n) is 5.42. The molecule has 2 saturated heterocycles. The molecule has 2 fully saturated rings. The van der Waals surface area contributed by atoms with Gasteiger partial charge in [0.25, 0.3) is 5.60 Å². The molecule has 3 atom stereocenters. The Kier molecular flexibility index (Phi) is 12.4. The average molecular weight is 726 g/mol. The van der Waals surface area contributed by atoms with E-state index in [0.29, 0.717) is 68.3 Å². The largest absolute Gasteiger partial charge is 0.430 e. The maximum Gasteiger partial charge on any atom is 0.430 e. The molecule has 2 N–H and O–H groups in total. The van der Waals surface area contributed by atoms with E-state index in [1.165, 1.54) is 30.3 Å². The van der Waals surface area contributed by atoms with Crippen LogP contribution in [0.4, 0.5) is 44.3 Å². The third-order valence-electron chi connectivity index (χ3n) is 7.98. The van der Waals surface area contributed by atoms with E-state index >= 15 is 0 Å². The molecule has 7 nitrogen and oxygen atoms in total. The van der Waals surface area contributed by atoms with E-state index in [2.05, 4.69) is 10.1 Å². The molecule has 3 aromatic rings. The lowest BCUT2D eigenvalue weighted by atomic mass is 9.91. The lowest BCUT2D eigenvalue weighted by Gasteiger charge is -2.37. The van der Waals surface area contributed by atoms with Crippen molar-refractivity contribution in [3.05, 3.63) is 101 Å². The Labute approximate surface area is 278 Å². The van der Waals surface area contributed by atoms with Crippen LogP contribution < -0.4 is 5.32 Å². The summed E-state index contributed by atoms with van der Waals surface area (Å²) in [7, 11) is -1.25. The number of urea groups is 1. The summed E-state index contributed by atoms with van der Waals surface area (Å²) >= 11 is 0. The van der Waals surface area contributed by atoms with Crippen LogP contribution in [0.5, 0.6) is 0 Å². The number of alkyl halides is 6. The van der Waals surface area contributed by atoms with Gasteiger partial charge in [-0.15, -0.1) is 0 Å². The van der Waals surface area contributed by atoms with Gasteiger partial charge in [0.05, 0.1) is 29.3 Å². The molecule has 2 amide bonds. The molecule has 2 unspecified atom stereocenters. The number of hydrogen-bond acceptors (Lipinski definition) is 5. The monoisotopic (exact) mass is 725 g/mol. The SMILES string of the molecule is Fc1cccc(F)c1COC(c1ccccc1)(C(F)(F)F)C(F)(F)F.O=C(N1CCC(S(=O)c2ccc(F)cc2)C1)N1CCN[C@H](CO)C1. The van der Waals surface area contributed by atoms with E-state index in [4.69, 9.17) is 0 Å². The maximum absolute atomic E-state index is 13.5. The van der Waals surface area contributed by atoms with Crippen molar-refractivity contribution in [2.45, 2.75) is 47.2 Å². The van der Waals surface area contributed by atoms with Gasteiger partial charge in [-0.2, -0.15) is 26.3 Å². The van der Waals surface area contributed by atoms with Gasteiger partial charge in [-0.25, -0.2) is 18.0 Å². The number of benzene rings is 3.